The topological polar surface area (TPSA) is 163 Å². The second kappa shape index (κ2) is 13.8. The largest absolute Gasteiger partial charge is 0.493 e. The number of rotatable bonds is 11. The summed E-state index contributed by atoms with van der Waals surface area (Å²) >= 11 is 0. The van der Waals surface area contributed by atoms with Gasteiger partial charge in [0.15, 0.2) is 35.0 Å². The third-order valence-electron chi connectivity index (χ3n) is 6.33. The number of hydrogen-bond acceptors (Lipinski definition) is 13. The molecule has 4 aromatic rings. The highest BCUT2D eigenvalue weighted by Crippen LogP contribution is 2.45. The van der Waals surface area contributed by atoms with E-state index in [4.69, 9.17) is 37.6 Å². The summed E-state index contributed by atoms with van der Waals surface area (Å²) in [6.45, 7) is 4.22. The number of fused-ring (bicyclic) bond motifs is 2. The second-order valence-electron chi connectivity index (χ2n) is 9.63. The van der Waals surface area contributed by atoms with Gasteiger partial charge in [0.1, 0.15) is 12.2 Å². The molecule has 0 radical (unpaired) electrons. The number of carbonyl (C=O) groups is 4. The van der Waals surface area contributed by atoms with Crippen LogP contribution in [-0.2, 0) is 28.7 Å². The molecule has 0 saturated carbocycles. The van der Waals surface area contributed by atoms with E-state index in [0.29, 0.717) is 0 Å². The summed E-state index contributed by atoms with van der Waals surface area (Å²) in [5.41, 5.74) is -0.0583. The molecular weight excluding hydrogens is 592 g/mol. The highest BCUT2D eigenvalue weighted by molar-refractivity contribution is 5.96. The molecule has 3 aromatic carbocycles. The fraction of sp³-hybridized carbons (Fsp3) is 0.281. The van der Waals surface area contributed by atoms with Crippen molar-refractivity contribution in [3.63, 3.8) is 0 Å². The molecule has 1 aromatic heterocycles. The lowest BCUT2D eigenvalue weighted by molar-refractivity contribution is -0.157. The van der Waals surface area contributed by atoms with Gasteiger partial charge in [-0.25, -0.2) is 0 Å². The van der Waals surface area contributed by atoms with Crippen molar-refractivity contribution in [2.45, 2.75) is 39.9 Å². The van der Waals surface area contributed by atoms with Gasteiger partial charge in [0.05, 0.1) is 25.0 Å². The van der Waals surface area contributed by atoms with Crippen molar-refractivity contribution in [1.82, 2.24) is 0 Å². The summed E-state index contributed by atoms with van der Waals surface area (Å²) in [6, 6.07) is 12.2. The maximum Gasteiger partial charge on any atom is 0.308 e. The minimum atomic E-state index is -1.34. The van der Waals surface area contributed by atoms with Crippen LogP contribution in [0, 0.1) is 0 Å². The maximum atomic E-state index is 13.6. The number of ether oxygens (including phenoxy) is 7. The van der Waals surface area contributed by atoms with E-state index in [0.717, 1.165) is 13.8 Å². The Morgan fingerprint density at radius 2 is 1.42 bits per heavy atom. The van der Waals surface area contributed by atoms with Crippen LogP contribution in [0.1, 0.15) is 39.4 Å². The van der Waals surface area contributed by atoms with Crippen molar-refractivity contribution < 1.29 is 56.8 Å². The Labute approximate surface area is 256 Å². The lowest BCUT2D eigenvalue weighted by Crippen LogP contribution is -2.34. The molecule has 0 unspecified atom stereocenters. The Bertz CT molecular complexity index is 1840. The van der Waals surface area contributed by atoms with Crippen molar-refractivity contribution in [3.05, 3.63) is 64.3 Å². The van der Waals surface area contributed by atoms with Crippen LogP contribution in [0.5, 0.6) is 28.7 Å². The zero-order valence-electron chi connectivity index (χ0n) is 25.3. The van der Waals surface area contributed by atoms with Crippen molar-refractivity contribution in [1.29, 1.82) is 0 Å². The van der Waals surface area contributed by atoms with Gasteiger partial charge in [-0.1, -0.05) is 18.2 Å². The Balaban J connectivity index is 1.99. The molecule has 0 aliphatic carbocycles. The van der Waals surface area contributed by atoms with E-state index in [1.54, 1.807) is 24.3 Å². The molecule has 0 aliphatic rings. The summed E-state index contributed by atoms with van der Waals surface area (Å²) in [6.07, 6.45) is -2.65. The van der Waals surface area contributed by atoms with E-state index >= 15 is 0 Å². The van der Waals surface area contributed by atoms with Crippen molar-refractivity contribution in [2.24, 2.45) is 0 Å². The molecule has 0 spiro atoms. The molecule has 13 nitrogen and oxygen atoms in total. The number of hydrogen-bond donors (Lipinski definition) is 0. The van der Waals surface area contributed by atoms with E-state index in [9.17, 15) is 24.0 Å². The average Bonchev–Trinajstić information content (AvgIpc) is 2.98. The van der Waals surface area contributed by atoms with E-state index in [1.165, 1.54) is 52.3 Å². The SMILES string of the molecule is COc1cc([C@@H](OC(C)=O)[C@H](COC(C)=O)Oc2c(OC(C)=O)c(OC)cc3c(=O)c4ccccc4oc23)ccc1OC(C)=O. The first kappa shape index (κ1) is 32.3. The highest BCUT2D eigenvalue weighted by Gasteiger charge is 2.34. The third-order valence-corrected chi connectivity index (χ3v) is 6.33. The van der Waals surface area contributed by atoms with Gasteiger partial charge in [0.2, 0.25) is 16.9 Å². The Morgan fingerprint density at radius 1 is 0.733 bits per heavy atom. The molecule has 0 bridgehead atoms. The van der Waals surface area contributed by atoms with Crippen LogP contribution in [0.2, 0.25) is 0 Å². The van der Waals surface area contributed by atoms with Crippen molar-refractivity contribution >= 4 is 45.8 Å². The third kappa shape index (κ3) is 7.32. The van der Waals surface area contributed by atoms with E-state index in [1.807, 2.05) is 0 Å². The summed E-state index contributed by atoms with van der Waals surface area (Å²) in [5, 5.41) is 0.298. The zero-order chi connectivity index (χ0) is 32.8. The van der Waals surface area contributed by atoms with Crippen LogP contribution >= 0.6 is 0 Å². The molecule has 0 aliphatic heterocycles. The number of methoxy groups -OCH3 is 2. The van der Waals surface area contributed by atoms with Gasteiger partial charge in [0.25, 0.3) is 0 Å². The van der Waals surface area contributed by atoms with E-state index < -0.39 is 48.1 Å². The molecule has 45 heavy (non-hydrogen) atoms. The Hall–Kier alpha value is -5.59. The molecule has 0 saturated heterocycles. The first-order valence-corrected chi connectivity index (χ1v) is 13.5. The van der Waals surface area contributed by atoms with Gasteiger partial charge in [-0.2, -0.15) is 0 Å². The Morgan fingerprint density at radius 3 is 2.04 bits per heavy atom. The summed E-state index contributed by atoms with van der Waals surface area (Å²) < 4.78 is 44.9. The Kier molecular flexibility index (Phi) is 9.91. The molecule has 2 atom stereocenters. The lowest BCUT2D eigenvalue weighted by atomic mass is 10.0. The average molecular weight is 623 g/mol. The monoisotopic (exact) mass is 622 g/mol. The van der Waals surface area contributed by atoms with Crippen LogP contribution in [0.3, 0.4) is 0 Å². The van der Waals surface area contributed by atoms with E-state index in [2.05, 4.69) is 0 Å². The minimum absolute atomic E-state index is 0.0270. The number of esters is 4. The molecule has 0 N–H and O–H groups in total. The zero-order valence-corrected chi connectivity index (χ0v) is 25.3. The van der Waals surface area contributed by atoms with Gasteiger partial charge in [-0.15, -0.1) is 0 Å². The van der Waals surface area contributed by atoms with E-state index in [-0.39, 0.29) is 56.2 Å². The molecule has 4 rings (SSSR count). The van der Waals surface area contributed by atoms with Gasteiger partial charge in [0, 0.05) is 33.3 Å². The summed E-state index contributed by atoms with van der Waals surface area (Å²) in [5.74, 6) is -3.08. The predicted molar refractivity (Wildman–Crippen MR) is 158 cm³/mol. The molecular formula is C32H30O13. The molecule has 236 valence electrons. The number of carbonyl (C=O) groups excluding carboxylic acids is 4. The van der Waals surface area contributed by atoms with Crippen LogP contribution in [0.15, 0.2) is 57.7 Å². The fourth-order valence-electron chi connectivity index (χ4n) is 4.54. The summed E-state index contributed by atoms with van der Waals surface area (Å²) in [7, 11) is 2.65. The van der Waals surface area contributed by atoms with Crippen LogP contribution in [0.4, 0.5) is 0 Å². The van der Waals surface area contributed by atoms with Crippen molar-refractivity contribution in [3.8, 4) is 28.7 Å². The first-order valence-electron chi connectivity index (χ1n) is 13.5. The second-order valence-corrected chi connectivity index (χ2v) is 9.63. The normalized spacial score (nSPS) is 12.1. The number of para-hydroxylation sites is 1. The molecule has 1 heterocycles. The smallest absolute Gasteiger partial charge is 0.308 e. The minimum Gasteiger partial charge on any atom is -0.493 e. The fourth-order valence-corrected chi connectivity index (χ4v) is 4.54. The van der Waals surface area contributed by atoms with Gasteiger partial charge in [-0.3, -0.25) is 24.0 Å². The molecule has 13 heteroatoms. The number of benzene rings is 3. The van der Waals surface area contributed by atoms with Gasteiger partial charge < -0.3 is 37.6 Å². The molecule has 0 fully saturated rings. The van der Waals surface area contributed by atoms with Gasteiger partial charge in [-0.05, 0) is 30.3 Å². The first-order chi connectivity index (χ1) is 21.4. The lowest BCUT2D eigenvalue weighted by Gasteiger charge is -2.29. The maximum absolute atomic E-state index is 13.6. The predicted octanol–water partition coefficient (Wildman–Crippen LogP) is 4.43. The highest BCUT2D eigenvalue weighted by atomic mass is 16.6. The summed E-state index contributed by atoms with van der Waals surface area (Å²) in [4.78, 5) is 61.7. The van der Waals surface area contributed by atoms with Crippen LogP contribution in [-0.4, -0.2) is 50.8 Å². The van der Waals surface area contributed by atoms with Crippen molar-refractivity contribution in [2.75, 3.05) is 20.8 Å². The quantitative estimate of drug-likeness (QED) is 0.131. The standard InChI is InChI=1S/C32H30O13/c1-16(33)40-15-27(29(42-18(3)35)20-11-12-24(41-17(2)34)25(13-20)38-5)45-32-30-22(14-26(39-6)31(32)43-19(4)36)28(37)21-9-7-8-10-23(21)44-30/h7-14,27,29H,15H2,1-6H3/t27-,29+/m0/s1. The van der Waals surface area contributed by atoms with Gasteiger partial charge >= 0.3 is 23.9 Å². The van der Waals surface area contributed by atoms with Crippen LogP contribution in [0.25, 0.3) is 21.9 Å². The molecule has 0 amide bonds. The van der Waals surface area contributed by atoms with Crippen LogP contribution < -0.4 is 29.1 Å².